The highest BCUT2D eigenvalue weighted by Crippen LogP contribution is 2.32. The summed E-state index contributed by atoms with van der Waals surface area (Å²) in [6, 6.07) is 13.2. The number of halogens is 1. The molecule has 0 atom stereocenters. The number of carbonyl (C=O) groups is 3. The molecule has 0 saturated carbocycles. The van der Waals surface area contributed by atoms with Crippen LogP contribution in [0.2, 0.25) is 0 Å². The molecule has 2 aromatic carbocycles. The van der Waals surface area contributed by atoms with Crippen LogP contribution in [0, 0.1) is 12.7 Å². The first-order chi connectivity index (χ1) is 12.4. The van der Waals surface area contributed by atoms with Crippen LogP contribution in [0.5, 0.6) is 0 Å². The lowest BCUT2D eigenvalue weighted by Gasteiger charge is -2.12. The van der Waals surface area contributed by atoms with Crippen molar-refractivity contribution in [3.63, 3.8) is 0 Å². The molecule has 1 N–H and O–H groups in total. The highest BCUT2D eigenvalue weighted by Gasteiger charge is 2.36. The molecule has 1 fully saturated rings. The van der Waals surface area contributed by atoms with Crippen molar-refractivity contribution in [2.24, 2.45) is 0 Å². The maximum atomic E-state index is 13.6. The van der Waals surface area contributed by atoms with Gasteiger partial charge in [0, 0.05) is 0 Å². The Kier molecular flexibility index (Phi) is 5.18. The molecule has 0 spiro atoms. The van der Waals surface area contributed by atoms with Crippen molar-refractivity contribution < 1.29 is 18.8 Å². The number of hydrogen-bond donors (Lipinski definition) is 1. The molecule has 0 aliphatic carbocycles. The Bertz CT molecular complexity index is 909. The number of rotatable bonds is 4. The molecule has 0 aromatic heterocycles. The Balaban J connectivity index is 1.70. The van der Waals surface area contributed by atoms with Crippen molar-refractivity contribution >= 4 is 40.6 Å². The zero-order valence-electron chi connectivity index (χ0n) is 13.9. The fourth-order valence-corrected chi connectivity index (χ4v) is 3.18. The van der Waals surface area contributed by atoms with Crippen LogP contribution in [-0.4, -0.2) is 28.5 Å². The van der Waals surface area contributed by atoms with Gasteiger partial charge in [-0.05, 0) is 42.5 Å². The Hall–Kier alpha value is -2.93. The molecule has 3 amide bonds. The summed E-state index contributed by atoms with van der Waals surface area (Å²) in [6.07, 6.45) is 1.61. The molecule has 3 rings (SSSR count). The van der Waals surface area contributed by atoms with E-state index in [-0.39, 0.29) is 10.6 Å². The summed E-state index contributed by atoms with van der Waals surface area (Å²) in [7, 11) is 0. The molecule has 0 unspecified atom stereocenters. The molecule has 1 aliphatic rings. The second kappa shape index (κ2) is 7.53. The Labute approximate surface area is 153 Å². The summed E-state index contributed by atoms with van der Waals surface area (Å²) >= 11 is 0.777. The van der Waals surface area contributed by atoms with Crippen LogP contribution in [0.3, 0.4) is 0 Å². The molecule has 132 valence electrons. The maximum absolute atomic E-state index is 13.6. The maximum Gasteiger partial charge on any atom is 0.294 e. The minimum atomic E-state index is -0.644. The number of benzene rings is 2. The minimum Gasteiger partial charge on any atom is -0.322 e. The zero-order valence-corrected chi connectivity index (χ0v) is 14.7. The molecule has 1 aliphatic heterocycles. The van der Waals surface area contributed by atoms with Crippen molar-refractivity contribution in [3.8, 4) is 0 Å². The summed E-state index contributed by atoms with van der Waals surface area (Å²) in [6.45, 7) is 1.48. The number of imide groups is 1. The number of hydrogen-bond acceptors (Lipinski definition) is 4. The summed E-state index contributed by atoms with van der Waals surface area (Å²) in [5.41, 5.74) is 1.87. The van der Waals surface area contributed by atoms with Gasteiger partial charge in [-0.1, -0.05) is 42.0 Å². The zero-order chi connectivity index (χ0) is 18.7. The Morgan fingerprint density at radius 2 is 1.85 bits per heavy atom. The number of aryl methyl sites for hydroxylation is 1. The van der Waals surface area contributed by atoms with Gasteiger partial charge in [-0.3, -0.25) is 19.3 Å². The average molecular weight is 370 g/mol. The second-order valence-corrected chi connectivity index (χ2v) is 6.70. The van der Waals surface area contributed by atoms with Gasteiger partial charge >= 0.3 is 0 Å². The Morgan fingerprint density at radius 1 is 1.15 bits per heavy atom. The van der Waals surface area contributed by atoms with Crippen LogP contribution >= 0.6 is 11.8 Å². The third-order valence-corrected chi connectivity index (χ3v) is 4.61. The molecule has 0 radical (unpaired) electrons. The van der Waals surface area contributed by atoms with Crippen LogP contribution in [0.4, 0.5) is 14.9 Å². The monoisotopic (exact) mass is 370 g/mol. The predicted octanol–water partition coefficient (Wildman–Crippen LogP) is 3.81. The number of thioether (sulfide) groups is 1. The topological polar surface area (TPSA) is 66.5 Å². The lowest BCUT2D eigenvalue weighted by molar-refractivity contribution is -0.127. The van der Waals surface area contributed by atoms with Gasteiger partial charge in [0.2, 0.25) is 5.91 Å². The molecular formula is C19H15FN2O3S. The first-order valence-corrected chi connectivity index (χ1v) is 8.62. The van der Waals surface area contributed by atoms with Crippen LogP contribution in [0.15, 0.2) is 53.4 Å². The van der Waals surface area contributed by atoms with E-state index in [9.17, 15) is 18.8 Å². The lowest BCUT2D eigenvalue weighted by Crippen LogP contribution is -2.36. The highest BCUT2D eigenvalue weighted by molar-refractivity contribution is 8.18. The molecule has 7 heteroatoms. The van der Waals surface area contributed by atoms with Crippen LogP contribution in [0.25, 0.3) is 6.08 Å². The molecule has 26 heavy (non-hydrogen) atoms. The van der Waals surface area contributed by atoms with Gasteiger partial charge in [0.05, 0.1) is 10.6 Å². The van der Waals surface area contributed by atoms with Gasteiger partial charge in [-0.25, -0.2) is 4.39 Å². The van der Waals surface area contributed by atoms with E-state index in [2.05, 4.69) is 5.32 Å². The van der Waals surface area contributed by atoms with Crippen molar-refractivity contribution in [2.45, 2.75) is 6.92 Å². The van der Waals surface area contributed by atoms with E-state index in [1.165, 1.54) is 18.2 Å². The van der Waals surface area contributed by atoms with Gasteiger partial charge < -0.3 is 5.32 Å². The predicted molar refractivity (Wildman–Crippen MR) is 98.9 cm³/mol. The number of amides is 3. The molecule has 5 nitrogen and oxygen atoms in total. The Morgan fingerprint density at radius 3 is 2.54 bits per heavy atom. The van der Waals surface area contributed by atoms with E-state index >= 15 is 0 Å². The van der Waals surface area contributed by atoms with E-state index in [0.717, 1.165) is 27.8 Å². The number of nitrogens with one attached hydrogen (secondary N) is 1. The third kappa shape index (κ3) is 4.00. The van der Waals surface area contributed by atoms with Crippen LogP contribution in [0.1, 0.15) is 11.1 Å². The van der Waals surface area contributed by atoms with Gasteiger partial charge in [-0.2, -0.15) is 0 Å². The first-order valence-electron chi connectivity index (χ1n) is 7.80. The first kappa shape index (κ1) is 17.9. The molecular weight excluding hydrogens is 355 g/mol. The largest absolute Gasteiger partial charge is 0.322 e. The quantitative estimate of drug-likeness (QED) is 0.831. The van der Waals surface area contributed by atoms with Crippen LogP contribution in [-0.2, 0) is 9.59 Å². The van der Waals surface area contributed by atoms with Crippen molar-refractivity contribution in [3.05, 3.63) is 70.4 Å². The van der Waals surface area contributed by atoms with Gasteiger partial charge in [0.15, 0.2) is 0 Å². The SMILES string of the molecule is Cc1ccc(/C=C2\SC(=O)N(CC(=O)Nc3ccccc3F)C2=O)cc1. The number of nitrogens with zero attached hydrogens (tertiary/aromatic N) is 1. The fraction of sp³-hybridized carbons (Fsp3) is 0.105. The normalized spacial score (nSPS) is 15.6. The summed E-state index contributed by atoms with van der Waals surface area (Å²) in [4.78, 5) is 37.6. The standard InChI is InChI=1S/C19H15FN2O3S/c1-12-6-8-13(9-7-12)10-16-18(24)22(19(25)26-16)11-17(23)21-15-5-3-2-4-14(15)20/h2-10H,11H2,1H3,(H,21,23)/b16-10-. The summed E-state index contributed by atoms with van der Waals surface area (Å²) < 4.78 is 13.6. The third-order valence-electron chi connectivity index (χ3n) is 3.70. The van der Waals surface area contributed by atoms with Gasteiger partial charge in [-0.15, -0.1) is 0 Å². The molecule has 2 aromatic rings. The minimum absolute atomic E-state index is 0.000307. The van der Waals surface area contributed by atoms with Crippen LogP contribution < -0.4 is 5.32 Å². The molecule has 1 saturated heterocycles. The average Bonchev–Trinajstić information content (AvgIpc) is 2.86. The smallest absolute Gasteiger partial charge is 0.294 e. The van der Waals surface area contributed by atoms with Gasteiger partial charge in [0.25, 0.3) is 11.1 Å². The fourth-order valence-electron chi connectivity index (χ4n) is 2.35. The van der Waals surface area contributed by atoms with E-state index in [4.69, 9.17) is 0 Å². The highest BCUT2D eigenvalue weighted by atomic mass is 32.2. The number of para-hydroxylation sites is 1. The van der Waals surface area contributed by atoms with E-state index in [1.54, 1.807) is 12.1 Å². The molecule has 0 bridgehead atoms. The second-order valence-electron chi connectivity index (χ2n) is 5.71. The number of anilines is 1. The van der Waals surface area contributed by atoms with Crippen molar-refractivity contribution in [1.29, 1.82) is 0 Å². The van der Waals surface area contributed by atoms with Crippen molar-refractivity contribution in [1.82, 2.24) is 4.90 Å². The van der Waals surface area contributed by atoms with E-state index < -0.39 is 29.4 Å². The summed E-state index contributed by atoms with van der Waals surface area (Å²) in [5.74, 6) is -1.77. The van der Waals surface area contributed by atoms with E-state index in [1.807, 2.05) is 31.2 Å². The van der Waals surface area contributed by atoms with E-state index in [0.29, 0.717) is 0 Å². The van der Waals surface area contributed by atoms with Gasteiger partial charge in [0.1, 0.15) is 12.4 Å². The van der Waals surface area contributed by atoms with Crippen molar-refractivity contribution in [2.75, 3.05) is 11.9 Å². The summed E-state index contributed by atoms with van der Waals surface area (Å²) in [5, 5.41) is 1.83. The molecule has 1 heterocycles. The lowest BCUT2D eigenvalue weighted by atomic mass is 10.1. The number of carbonyl (C=O) groups excluding carboxylic acids is 3.